The quantitative estimate of drug-likeness (QED) is 0.822. The highest BCUT2D eigenvalue weighted by molar-refractivity contribution is 5.77. The van der Waals surface area contributed by atoms with E-state index in [-0.39, 0.29) is 19.1 Å². The summed E-state index contributed by atoms with van der Waals surface area (Å²) in [5, 5.41) is 2.71. The van der Waals surface area contributed by atoms with Gasteiger partial charge in [-0.3, -0.25) is 4.79 Å². The van der Waals surface area contributed by atoms with E-state index in [9.17, 15) is 4.79 Å². The molecule has 0 aromatic heterocycles. The fourth-order valence-corrected chi connectivity index (χ4v) is 2.18. The van der Waals surface area contributed by atoms with E-state index >= 15 is 0 Å². The van der Waals surface area contributed by atoms with Gasteiger partial charge in [-0.05, 0) is 35.7 Å². The molecule has 0 fully saturated rings. The molecule has 130 valence electrons. The first kappa shape index (κ1) is 18.4. The monoisotopic (exact) mass is 337 g/mol. The van der Waals surface area contributed by atoms with Crippen molar-refractivity contribution >= 4 is 5.91 Å². The number of benzene rings is 2. The molecule has 1 N–H and O–H groups in total. The van der Waals surface area contributed by atoms with Crippen molar-refractivity contribution in [2.75, 3.05) is 20.3 Å². The highest BCUT2D eigenvalue weighted by atomic mass is 16.5. The largest absolute Gasteiger partial charge is 0.495 e. The van der Waals surface area contributed by atoms with Crippen molar-refractivity contribution in [2.45, 2.75) is 19.8 Å². The highest BCUT2D eigenvalue weighted by Gasteiger charge is 2.03. The van der Waals surface area contributed by atoms with Crippen LogP contribution in [0.1, 0.15) is 30.9 Å². The minimum Gasteiger partial charge on any atom is -0.495 e. The summed E-state index contributed by atoms with van der Waals surface area (Å²) in [6.45, 7) is 4.49. The Balaban J connectivity index is 1.77. The van der Waals surface area contributed by atoms with Gasteiger partial charge in [0.1, 0.15) is 11.5 Å². The number of ether oxygens (including phenoxy) is 2. The van der Waals surface area contributed by atoms with Crippen LogP contribution in [0.25, 0.3) is 0 Å². The summed E-state index contributed by atoms with van der Waals surface area (Å²) in [5.74, 6) is 7.55. The molecule has 0 radical (unpaired) electrons. The Morgan fingerprint density at radius 3 is 2.52 bits per heavy atom. The number of hydrogen-bond donors (Lipinski definition) is 1. The normalized spacial score (nSPS) is 9.92. The molecular formula is C21H23NO3. The fraction of sp³-hybridized carbons (Fsp3) is 0.286. The lowest BCUT2D eigenvalue weighted by Crippen LogP contribution is -2.29. The van der Waals surface area contributed by atoms with Crippen molar-refractivity contribution < 1.29 is 14.3 Å². The Labute approximate surface area is 149 Å². The SMILES string of the molecule is COc1ccccc1C#CCNC(=O)COc1ccc(C(C)C)cc1. The number of rotatable bonds is 6. The summed E-state index contributed by atoms with van der Waals surface area (Å²) < 4.78 is 10.7. The molecule has 0 bridgehead atoms. The first-order chi connectivity index (χ1) is 12.1. The van der Waals surface area contributed by atoms with E-state index in [0.29, 0.717) is 11.7 Å². The van der Waals surface area contributed by atoms with E-state index in [4.69, 9.17) is 9.47 Å². The zero-order chi connectivity index (χ0) is 18.1. The van der Waals surface area contributed by atoms with Crippen LogP contribution in [0.15, 0.2) is 48.5 Å². The number of para-hydroxylation sites is 1. The predicted octanol–water partition coefficient (Wildman–Crippen LogP) is 3.37. The van der Waals surface area contributed by atoms with Crippen molar-refractivity contribution in [3.8, 4) is 23.3 Å². The molecule has 0 saturated heterocycles. The Hall–Kier alpha value is -2.93. The smallest absolute Gasteiger partial charge is 0.258 e. The van der Waals surface area contributed by atoms with Gasteiger partial charge in [-0.25, -0.2) is 0 Å². The zero-order valence-electron chi connectivity index (χ0n) is 14.8. The molecule has 0 aliphatic heterocycles. The predicted molar refractivity (Wildman–Crippen MR) is 98.9 cm³/mol. The first-order valence-electron chi connectivity index (χ1n) is 8.21. The van der Waals surface area contributed by atoms with Crippen molar-refractivity contribution in [2.24, 2.45) is 0 Å². The zero-order valence-corrected chi connectivity index (χ0v) is 14.8. The van der Waals surface area contributed by atoms with Crippen LogP contribution >= 0.6 is 0 Å². The van der Waals surface area contributed by atoms with Crippen LogP contribution < -0.4 is 14.8 Å². The minimum atomic E-state index is -0.206. The topological polar surface area (TPSA) is 47.6 Å². The molecule has 4 heteroatoms. The van der Waals surface area contributed by atoms with Gasteiger partial charge in [-0.2, -0.15) is 0 Å². The lowest BCUT2D eigenvalue weighted by molar-refractivity contribution is -0.122. The summed E-state index contributed by atoms with van der Waals surface area (Å²) in [5.41, 5.74) is 2.03. The summed E-state index contributed by atoms with van der Waals surface area (Å²) in [6.07, 6.45) is 0. The molecule has 2 aromatic carbocycles. The Morgan fingerprint density at radius 2 is 1.84 bits per heavy atom. The summed E-state index contributed by atoms with van der Waals surface area (Å²) in [4.78, 5) is 11.8. The van der Waals surface area contributed by atoms with Gasteiger partial charge in [0.05, 0.1) is 19.2 Å². The summed E-state index contributed by atoms with van der Waals surface area (Å²) in [7, 11) is 1.60. The second-order valence-corrected chi connectivity index (χ2v) is 5.79. The molecule has 25 heavy (non-hydrogen) atoms. The number of carbonyl (C=O) groups excluding carboxylic acids is 1. The summed E-state index contributed by atoms with van der Waals surface area (Å²) >= 11 is 0. The molecule has 0 heterocycles. The van der Waals surface area contributed by atoms with Crippen LogP contribution in [0.2, 0.25) is 0 Å². The van der Waals surface area contributed by atoms with Crippen LogP contribution in [0.4, 0.5) is 0 Å². The Bertz CT molecular complexity index is 755. The van der Waals surface area contributed by atoms with Crippen LogP contribution in [-0.4, -0.2) is 26.2 Å². The van der Waals surface area contributed by atoms with Crippen molar-refractivity contribution in [3.63, 3.8) is 0 Å². The minimum absolute atomic E-state index is 0.0304. The van der Waals surface area contributed by atoms with E-state index < -0.39 is 0 Å². The van der Waals surface area contributed by atoms with Gasteiger partial charge >= 0.3 is 0 Å². The molecule has 0 spiro atoms. The fourth-order valence-electron chi connectivity index (χ4n) is 2.18. The lowest BCUT2D eigenvalue weighted by atomic mass is 10.0. The third-order valence-corrected chi connectivity index (χ3v) is 3.62. The molecule has 4 nitrogen and oxygen atoms in total. The molecule has 1 amide bonds. The number of amides is 1. The van der Waals surface area contributed by atoms with Gasteiger partial charge in [-0.15, -0.1) is 0 Å². The van der Waals surface area contributed by atoms with Gasteiger partial charge in [0.25, 0.3) is 5.91 Å². The maximum absolute atomic E-state index is 11.8. The lowest BCUT2D eigenvalue weighted by Gasteiger charge is -2.08. The molecule has 0 saturated carbocycles. The molecule has 2 rings (SSSR count). The van der Waals surface area contributed by atoms with E-state index in [1.165, 1.54) is 5.56 Å². The standard InChI is InChI=1S/C21H23NO3/c1-16(2)17-10-12-19(13-11-17)25-15-21(23)22-14-6-8-18-7-4-5-9-20(18)24-3/h4-5,7,9-13,16H,14-15H2,1-3H3,(H,22,23). The van der Waals surface area contributed by atoms with Gasteiger partial charge in [0.15, 0.2) is 6.61 Å². The second kappa shape index (κ2) is 9.39. The maximum atomic E-state index is 11.8. The third-order valence-electron chi connectivity index (χ3n) is 3.62. The van der Waals surface area contributed by atoms with E-state index in [0.717, 1.165) is 11.3 Å². The molecule has 2 aromatic rings. The van der Waals surface area contributed by atoms with Gasteiger partial charge < -0.3 is 14.8 Å². The van der Waals surface area contributed by atoms with Crippen molar-refractivity contribution in [1.29, 1.82) is 0 Å². The van der Waals surface area contributed by atoms with Crippen LogP contribution in [0.3, 0.4) is 0 Å². The summed E-state index contributed by atoms with van der Waals surface area (Å²) in [6, 6.07) is 15.3. The van der Waals surface area contributed by atoms with E-state index in [1.807, 2.05) is 48.5 Å². The van der Waals surface area contributed by atoms with E-state index in [2.05, 4.69) is 31.0 Å². The second-order valence-electron chi connectivity index (χ2n) is 5.79. The number of carbonyl (C=O) groups is 1. The van der Waals surface area contributed by atoms with Gasteiger partial charge in [0, 0.05) is 0 Å². The van der Waals surface area contributed by atoms with Crippen LogP contribution in [0.5, 0.6) is 11.5 Å². The molecule has 0 aliphatic rings. The Kier molecular flexibility index (Phi) is 6.91. The average Bonchev–Trinajstić information content (AvgIpc) is 2.64. The average molecular weight is 337 g/mol. The molecule has 0 aliphatic carbocycles. The Morgan fingerprint density at radius 1 is 1.12 bits per heavy atom. The van der Waals surface area contributed by atoms with Crippen molar-refractivity contribution in [1.82, 2.24) is 5.32 Å². The van der Waals surface area contributed by atoms with Crippen LogP contribution in [-0.2, 0) is 4.79 Å². The van der Waals surface area contributed by atoms with Crippen molar-refractivity contribution in [3.05, 3.63) is 59.7 Å². The first-order valence-corrected chi connectivity index (χ1v) is 8.21. The third kappa shape index (κ3) is 5.89. The molecule has 0 atom stereocenters. The number of hydrogen-bond acceptors (Lipinski definition) is 3. The van der Waals surface area contributed by atoms with Crippen LogP contribution in [0, 0.1) is 11.8 Å². The number of nitrogens with one attached hydrogen (secondary N) is 1. The maximum Gasteiger partial charge on any atom is 0.258 e. The molecular weight excluding hydrogens is 314 g/mol. The highest BCUT2D eigenvalue weighted by Crippen LogP contribution is 2.18. The van der Waals surface area contributed by atoms with Gasteiger partial charge in [0.2, 0.25) is 0 Å². The van der Waals surface area contributed by atoms with Gasteiger partial charge in [-0.1, -0.05) is 50.0 Å². The molecule has 0 unspecified atom stereocenters. The van der Waals surface area contributed by atoms with E-state index in [1.54, 1.807) is 7.11 Å². The number of methoxy groups -OCH3 is 1.